The van der Waals surface area contributed by atoms with Crippen molar-refractivity contribution < 1.29 is 14.3 Å². The van der Waals surface area contributed by atoms with Crippen LogP contribution in [-0.4, -0.2) is 18.0 Å². The normalized spacial score (nSPS) is 12.5. The second-order valence-corrected chi connectivity index (χ2v) is 5.63. The molecule has 0 radical (unpaired) electrons. The predicted molar refractivity (Wildman–Crippen MR) is 94.8 cm³/mol. The van der Waals surface area contributed by atoms with Gasteiger partial charge in [0.2, 0.25) is 0 Å². The zero-order valence-electron chi connectivity index (χ0n) is 14.2. The maximum absolute atomic E-state index is 12.4. The number of carbonyl (C=O) groups is 2. The summed E-state index contributed by atoms with van der Waals surface area (Å²) < 4.78 is 5.33. The van der Waals surface area contributed by atoms with Crippen LogP contribution < -0.4 is 5.32 Å². The van der Waals surface area contributed by atoms with E-state index in [1.54, 1.807) is 24.3 Å². The van der Waals surface area contributed by atoms with E-state index in [1.807, 2.05) is 43.3 Å². The molecule has 2 atom stereocenters. The van der Waals surface area contributed by atoms with Crippen molar-refractivity contribution in [2.24, 2.45) is 0 Å². The fourth-order valence-electron chi connectivity index (χ4n) is 2.41. The average Bonchev–Trinajstić information content (AvgIpc) is 2.63. The number of nitriles is 1. The van der Waals surface area contributed by atoms with E-state index in [1.165, 1.54) is 6.92 Å². The molecule has 128 valence electrons. The Labute approximate surface area is 147 Å². The average molecular weight is 336 g/mol. The standard InChI is InChI=1S/C20H20N2O3/c1-3-18(16-7-5-4-6-8-16)20(24)25-14(2)19(23)22-17-11-9-15(13-21)10-12-17/h4-12,14,18H,3H2,1-2H3,(H,22,23)/t14-,18-/m0/s1. The highest BCUT2D eigenvalue weighted by Gasteiger charge is 2.25. The molecule has 0 spiro atoms. The molecule has 0 saturated heterocycles. The van der Waals surface area contributed by atoms with Crippen LogP contribution in [0.3, 0.4) is 0 Å². The van der Waals surface area contributed by atoms with E-state index < -0.39 is 23.9 Å². The first-order valence-electron chi connectivity index (χ1n) is 8.11. The number of nitrogens with one attached hydrogen (secondary N) is 1. The molecule has 0 aliphatic heterocycles. The van der Waals surface area contributed by atoms with Gasteiger partial charge in [-0.1, -0.05) is 37.3 Å². The van der Waals surface area contributed by atoms with Gasteiger partial charge in [0.1, 0.15) is 0 Å². The molecular formula is C20H20N2O3. The zero-order chi connectivity index (χ0) is 18.2. The van der Waals surface area contributed by atoms with Gasteiger partial charge in [0.25, 0.3) is 5.91 Å². The monoisotopic (exact) mass is 336 g/mol. The largest absolute Gasteiger partial charge is 0.452 e. The van der Waals surface area contributed by atoms with Crippen LogP contribution in [0.15, 0.2) is 54.6 Å². The highest BCUT2D eigenvalue weighted by Crippen LogP contribution is 2.21. The first-order valence-corrected chi connectivity index (χ1v) is 8.11. The predicted octanol–water partition coefficient (Wildman–Crippen LogP) is 3.62. The number of benzene rings is 2. The van der Waals surface area contributed by atoms with E-state index in [9.17, 15) is 9.59 Å². The zero-order valence-corrected chi connectivity index (χ0v) is 14.2. The van der Waals surface area contributed by atoms with E-state index in [0.717, 1.165) is 5.56 Å². The quantitative estimate of drug-likeness (QED) is 0.817. The highest BCUT2D eigenvalue weighted by atomic mass is 16.5. The smallest absolute Gasteiger partial charge is 0.314 e. The number of esters is 1. The lowest BCUT2D eigenvalue weighted by molar-refractivity contribution is -0.154. The molecule has 1 N–H and O–H groups in total. The van der Waals surface area contributed by atoms with Gasteiger partial charge in [-0.2, -0.15) is 5.26 Å². The number of rotatable bonds is 6. The van der Waals surface area contributed by atoms with Gasteiger partial charge in [-0.15, -0.1) is 0 Å². The van der Waals surface area contributed by atoms with Gasteiger partial charge >= 0.3 is 5.97 Å². The van der Waals surface area contributed by atoms with E-state index in [4.69, 9.17) is 10.00 Å². The molecule has 25 heavy (non-hydrogen) atoms. The van der Waals surface area contributed by atoms with Crippen LogP contribution in [0.4, 0.5) is 5.69 Å². The van der Waals surface area contributed by atoms with Gasteiger partial charge < -0.3 is 10.1 Å². The lowest BCUT2D eigenvalue weighted by Gasteiger charge is -2.18. The highest BCUT2D eigenvalue weighted by molar-refractivity contribution is 5.95. The van der Waals surface area contributed by atoms with Crippen molar-refractivity contribution in [1.29, 1.82) is 5.26 Å². The Morgan fingerprint density at radius 2 is 1.76 bits per heavy atom. The third-order valence-electron chi connectivity index (χ3n) is 3.84. The van der Waals surface area contributed by atoms with Crippen molar-refractivity contribution in [3.8, 4) is 6.07 Å². The summed E-state index contributed by atoms with van der Waals surface area (Å²) in [5.74, 6) is -1.23. The summed E-state index contributed by atoms with van der Waals surface area (Å²) in [6.45, 7) is 3.44. The van der Waals surface area contributed by atoms with Crippen LogP contribution in [0, 0.1) is 11.3 Å². The molecule has 2 rings (SSSR count). The minimum Gasteiger partial charge on any atom is -0.452 e. The molecule has 2 aromatic rings. The Balaban J connectivity index is 1.97. The van der Waals surface area contributed by atoms with E-state index >= 15 is 0 Å². The summed E-state index contributed by atoms with van der Waals surface area (Å²) in [6.07, 6.45) is -0.326. The molecule has 5 nitrogen and oxygen atoms in total. The molecular weight excluding hydrogens is 316 g/mol. The fraction of sp³-hybridized carbons (Fsp3) is 0.250. The van der Waals surface area contributed by atoms with Gasteiger partial charge in [-0.25, -0.2) is 0 Å². The minimum absolute atomic E-state index is 0.397. The summed E-state index contributed by atoms with van der Waals surface area (Å²) in [6, 6.07) is 17.8. The second kappa shape index (κ2) is 8.65. The van der Waals surface area contributed by atoms with Crippen LogP contribution in [0.5, 0.6) is 0 Å². The van der Waals surface area contributed by atoms with Crippen molar-refractivity contribution in [3.05, 3.63) is 65.7 Å². The summed E-state index contributed by atoms with van der Waals surface area (Å²) in [4.78, 5) is 24.6. The summed E-state index contributed by atoms with van der Waals surface area (Å²) in [7, 11) is 0. The third-order valence-corrected chi connectivity index (χ3v) is 3.84. The minimum atomic E-state index is -0.916. The first kappa shape index (κ1) is 18.2. The van der Waals surface area contributed by atoms with Crippen molar-refractivity contribution in [2.75, 3.05) is 5.32 Å². The molecule has 0 aromatic heterocycles. The number of hydrogen-bond donors (Lipinski definition) is 1. The molecule has 5 heteroatoms. The first-order chi connectivity index (χ1) is 12.0. The number of ether oxygens (including phenoxy) is 1. The summed E-state index contributed by atoms with van der Waals surface area (Å²) in [5, 5.41) is 11.4. The lowest BCUT2D eigenvalue weighted by Crippen LogP contribution is -2.31. The van der Waals surface area contributed by atoms with Gasteiger partial charge in [0.15, 0.2) is 6.10 Å². The molecule has 2 aromatic carbocycles. The SMILES string of the molecule is CC[C@H](C(=O)O[C@@H](C)C(=O)Nc1ccc(C#N)cc1)c1ccccc1. The molecule has 0 unspecified atom stereocenters. The Morgan fingerprint density at radius 1 is 1.12 bits per heavy atom. The van der Waals surface area contributed by atoms with Crippen molar-refractivity contribution in [2.45, 2.75) is 32.3 Å². The van der Waals surface area contributed by atoms with E-state index in [-0.39, 0.29) is 0 Å². The number of nitrogens with zero attached hydrogens (tertiary/aromatic N) is 1. The van der Waals surface area contributed by atoms with Crippen molar-refractivity contribution in [1.82, 2.24) is 0 Å². The Kier molecular flexibility index (Phi) is 6.30. The summed E-state index contributed by atoms with van der Waals surface area (Å²) in [5.41, 5.74) is 1.92. The fourth-order valence-corrected chi connectivity index (χ4v) is 2.41. The molecule has 1 amide bonds. The van der Waals surface area contributed by atoms with Crippen molar-refractivity contribution in [3.63, 3.8) is 0 Å². The van der Waals surface area contributed by atoms with Crippen LogP contribution in [0.2, 0.25) is 0 Å². The Morgan fingerprint density at radius 3 is 2.32 bits per heavy atom. The number of amides is 1. The molecule has 0 heterocycles. The Bertz CT molecular complexity index is 764. The van der Waals surface area contributed by atoms with Gasteiger partial charge in [-0.3, -0.25) is 9.59 Å². The number of carbonyl (C=O) groups excluding carboxylic acids is 2. The van der Waals surface area contributed by atoms with Gasteiger partial charge in [0.05, 0.1) is 17.6 Å². The van der Waals surface area contributed by atoms with Crippen LogP contribution in [0.1, 0.15) is 37.3 Å². The molecule has 0 aliphatic rings. The van der Waals surface area contributed by atoms with Crippen molar-refractivity contribution >= 4 is 17.6 Å². The topological polar surface area (TPSA) is 79.2 Å². The third kappa shape index (κ3) is 4.92. The van der Waals surface area contributed by atoms with Crippen LogP contribution in [0.25, 0.3) is 0 Å². The maximum Gasteiger partial charge on any atom is 0.314 e. The number of anilines is 1. The van der Waals surface area contributed by atoms with Crippen LogP contribution >= 0.6 is 0 Å². The van der Waals surface area contributed by atoms with Crippen LogP contribution in [-0.2, 0) is 14.3 Å². The van der Waals surface area contributed by atoms with Gasteiger partial charge in [-0.05, 0) is 43.2 Å². The molecule has 0 bridgehead atoms. The number of hydrogen-bond acceptors (Lipinski definition) is 4. The van der Waals surface area contributed by atoms with E-state index in [2.05, 4.69) is 5.32 Å². The summed E-state index contributed by atoms with van der Waals surface area (Å²) >= 11 is 0. The molecule has 0 aliphatic carbocycles. The van der Waals surface area contributed by atoms with E-state index in [0.29, 0.717) is 17.7 Å². The van der Waals surface area contributed by atoms with Gasteiger partial charge in [0, 0.05) is 5.69 Å². The second-order valence-electron chi connectivity index (χ2n) is 5.63. The lowest BCUT2D eigenvalue weighted by atomic mass is 9.97. The molecule has 0 fully saturated rings. The Hall–Kier alpha value is -3.13. The maximum atomic E-state index is 12.4. The molecule has 0 saturated carbocycles.